The van der Waals surface area contributed by atoms with Gasteiger partial charge in [-0.25, -0.2) is 8.78 Å². The lowest BCUT2D eigenvalue weighted by molar-refractivity contribution is -0.140. The Hall–Kier alpha value is -1.60. The van der Waals surface area contributed by atoms with Crippen molar-refractivity contribution in [1.29, 1.82) is 0 Å². The molecular formula is C15H21F2N5O. The van der Waals surface area contributed by atoms with Gasteiger partial charge in [-0.15, -0.1) is 10.2 Å². The zero-order chi connectivity index (χ0) is 16.0. The number of alkyl halides is 2. The minimum Gasteiger partial charge on any atom is -0.339 e. The molecule has 2 aliphatic carbocycles. The second-order valence-electron chi connectivity index (χ2n) is 7.11. The number of carbonyl (C=O) groups excluding carboxylic acids is 1. The Kier molecular flexibility index (Phi) is 3.57. The van der Waals surface area contributed by atoms with Crippen molar-refractivity contribution in [1.82, 2.24) is 25.5 Å². The van der Waals surface area contributed by atoms with Crippen molar-refractivity contribution in [2.45, 2.75) is 56.9 Å². The molecule has 1 N–H and O–H groups in total. The largest absolute Gasteiger partial charge is 0.339 e. The van der Waals surface area contributed by atoms with Gasteiger partial charge < -0.3 is 4.90 Å². The normalized spacial score (nSPS) is 35.7. The van der Waals surface area contributed by atoms with E-state index in [9.17, 15) is 13.6 Å². The van der Waals surface area contributed by atoms with Crippen LogP contribution < -0.4 is 0 Å². The molecule has 126 valence electrons. The predicted molar refractivity (Wildman–Crippen MR) is 76.5 cm³/mol. The number of likely N-dealkylation sites (tertiary alicyclic amines) is 1. The summed E-state index contributed by atoms with van der Waals surface area (Å²) >= 11 is 0. The van der Waals surface area contributed by atoms with E-state index < -0.39 is 17.8 Å². The number of aromatic amines is 1. The average Bonchev–Trinajstić information content (AvgIpc) is 2.92. The number of hydrogen-bond donors (Lipinski definition) is 1. The summed E-state index contributed by atoms with van der Waals surface area (Å²) in [5.74, 6) is -3.14. The minimum atomic E-state index is -2.53. The van der Waals surface area contributed by atoms with Gasteiger partial charge in [0.15, 0.2) is 5.82 Å². The molecule has 0 spiro atoms. The third-order valence-corrected chi connectivity index (χ3v) is 5.80. The first-order chi connectivity index (χ1) is 11.1. The van der Waals surface area contributed by atoms with E-state index >= 15 is 0 Å². The number of H-pyrrole nitrogens is 1. The van der Waals surface area contributed by atoms with Crippen molar-refractivity contribution in [2.75, 3.05) is 6.54 Å². The number of nitrogens with one attached hydrogen (secondary N) is 1. The number of nitrogens with zero attached hydrogens (tertiary/aromatic N) is 4. The SMILES string of the molecule is O=C(C1CCC2C(C1)C2(F)F)N1CCCCC1Cc1nn[nH]n1. The number of hydrogen-bond acceptors (Lipinski definition) is 4. The molecule has 0 aromatic carbocycles. The van der Waals surface area contributed by atoms with Crippen LogP contribution in [0, 0.1) is 17.8 Å². The summed E-state index contributed by atoms with van der Waals surface area (Å²) in [5, 5.41) is 13.9. The lowest BCUT2D eigenvalue weighted by Crippen LogP contribution is -2.48. The molecule has 2 saturated carbocycles. The Labute approximate surface area is 133 Å². The van der Waals surface area contributed by atoms with E-state index in [1.807, 2.05) is 4.90 Å². The Morgan fingerprint density at radius 2 is 2.13 bits per heavy atom. The van der Waals surface area contributed by atoms with E-state index in [-0.39, 0.29) is 17.9 Å². The lowest BCUT2D eigenvalue weighted by atomic mass is 9.86. The smallest absolute Gasteiger partial charge is 0.254 e. The molecule has 0 radical (unpaired) electrons. The number of rotatable bonds is 3. The monoisotopic (exact) mass is 325 g/mol. The quantitative estimate of drug-likeness (QED) is 0.919. The van der Waals surface area contributed by atoms with Crippen molar-refractivity contribution in [3.8, 4) is 0 Å². The molecule has 4 rings (SSSR count). The van der Waals surface area contributed by atoms with E-state index in [1.54, 1.807) is 0 Å². The fourth-order valence-corrected chi connectivity index (χ4v) is 4.42. The van der Waals surface area contributed by atoms with Crippen LogP contribution in [0.5, 0.6) is 0 Å². The molecule has 4 unspecified atom stereocenters. The molecule has 1 aliphatic heterocycles. The maximum atomic E-state index is 13.6. The second kappa shape index (κ2) is 5.49. The van der Waals surface area contributed by atoms with Gasteiger partial charge in [0.1, 0.15) is 0 Å². The van der Waals surface area contributed by atoms with Crippen molar-refractivity contribution >= 4 is 5.91 Å². The van der Waals surface area contributed by atoms with Crippen LogP contribution in [-0.2, 0) is 11.2 Å². The van der Waals surface area contributed by atoms with Crippen LogP contribution in [0.15, 0.2) is 0 Å². The fourth-order valence-electron chi connectivity index (χ4n) is 4.42. The van der Waals surface area contributed by atoms with Crippen LogP contribution in [0.2, 0.25) is 0 Å². The number of carbonyl (C=O) groups is 1. The van der Waals surface area contributed by atoms with E-state index in [0.29, 0.717) is 38.1 Å². The first-order valence-corrected chi connectivity index (χ1v) is 8.48. The zero-order valence-corrected chi connectivity index (χ0v) is 12.9. The highest BCUT2D eigenvalue weighted by atomic mass is 19.3. The van der Waals surface area contributed by atoms with Crippen LogP contribution in [0.4, 0.5) is 8.78 Å². The Morgan fingerprint density at radius 3 is 2.87 bits per heavy atom. The van der Waals surface area contributed by atoms with Crippen LogP contribution in [0.3, 0.4) is 0 Å². The molecule has 2 heterocycles. The maximum Gasteiger partial charge on any atom is 0.254 e. The van der Waals surface area contributed by atoms with Gasteiger partial charge in [0, 0.05) is 36.8 Å². The fraction of sp³-hybridized carbons (Fsp3) is 0.867. The van der Waals surface area contributed by atoms with Crippen molar-refractivity contribution in [2.24, 2.45) is 17.8 Å². The molecule has 0 bridgehead atoms. The third-order valence-electron chi connectivity index (χ3n) is 5.80. The highest BCUT2D eigenvalue weighted by Crippen LogP contribution is 2.63. The summed E-state index contributed by atoms with van der Waals surface area (Å²) in [4.78, 5) is 14.8. The van der Waals surface area contributed by atoms with Crippen LogP contribution in [0.25, 0.3) is 0 Å². The summed E-state index contributed by atoms with van der Waals surface area (Å²) in [6.07, 6.45) is 4.97. The Bertz CT molecular complexity index is 578. The molecule has 6 nitrogen and oxygen atoms in total. The summed E-state index contributed by atoms with van der Waals surface area (Å²) in [5.41, 5.74) is 0. The Balaban J connectivity index is 1.43. The molecule has 1 amide bonds. The molecular weight excluding hydrogens is 304 g/mol. The van der Waals surface area contributed by atoms with E-state index in [0.717, 1.165) is 19.3 Å². The molecule has 3 fully saturated rings. The van der Waals surface area contributed by atoms with Crippen LogP contribution in [0.1, 0.15) is 44.3 Å². The number of piperidine rings is 1. The molecule has 1 aromatic heterocycles. The topological polar surface area (TPSA) is 74.8 Å². The molecule has 1 aromatic rings. The summed E-state index contributed by atoms with van der Waals surface area (Å²) in [6, 6.07) is 0.0614. The number of amides is 1. The third kappa shape index (κ3) is 2.61. The maximum absolute atomic E-state index is 13.6. The first kappa shape index (κ1) is 15.0. The summed E-state index contributed by atoms with van der Waals surface area (Å²) in [7, 11) is 0. The molecule has 3 aliphatic rings. The average molecular weight is 325 g/mol. The molecule has 8 heteroatoms. The second-order valence-corrected chi connectivity index (χ2v) is 7.11. The van der Waals surface area contributed by atoms with E-state index in [1.165, 1.54) is 0 Å². The highest BCUT2D eigenvalue weighted by Gasteiger charge is 2.69. The summed E-state index contributed by atoms with van der Waals surface area (Å²) in [6.45, 7) is 0.711. The zero-order valence-electron chi connectivity index (χ0n) is 12.9. The van der Waals surface area contributed by atoms with Crippen LogP contribution >= 0.6 is 0 Å². The first-order valence-electron chi connectivity index (χ1n) is 8.48. The number of halogens is 2. The van der Waals surface area contributed by atoms with Crippen molar-refractivity contribution in [3.63, 3.8) is 0 Å². The summed E-state index contributed by atoms with van der Waals surface area (Å²) < 4.78 is 27.1. The number of fused-ring (bicyclic) bond motifs is 1. The van der Waals surface area contributed by atoms with Crippen molar-refractivity contribution < 1.29 is 13.6 Å². The molecule has 1 saturated heterocycles. The minimum absolute atomic E-state index is 0.0549. The van der Waals surface area contributed by atoms with Gasteiger partial charge in [0.25, 0.3) is 5.92 Å². The lowest BCUT2D eigenvalue weighted by Gasteiger charge is -2.38. The van der Waals surface area contributed by atoms with Gasteiger partial charge in [0.2, 0.25) is 5.91 Å². The van der Waals surface area contributed by atoms with Crippen LogP contribution in [-0.4, -0.2) is 49.9 Å². The van der Waals surface area contributed by atoms with E-state index in [4.69, 9.17) is 0 Å². The van der Waals surface area contributed by atoms with Gasteiger partial charge >= 0.3 is 0 Å². The van der Waals surface area contributed by atoms with Gasteiger partial charge in [-0.1, -0.05) is 5.21 Å². The van der Waals surface area contributed by atoms with Gasteiger partial charge in [-0.3, -0.25) is 4.79 Å². The molecule has 23 heavy (non-hydrogen) atoms. The van der Waals surface area contributed by atoms with Gasteiger partial charge in [-0.2, -0.15) is 5.21 Å². The van der Waals surface area contributed by atoms with Gasteiger partial charge in [-0.05, 0) is 38.5 Å². The highest BCUT2D eigenvalue weighted by molar-refractivity contribution is 5.79. The predicted octanol–water partition coefficient (Wildman–Crippen LogP) is 1.80. The number of aromatic nitrogens is 4. The Morgan fingerprint density at radius 1 is 1.26 bits per heavy atom. The molecule has 4 atom stereocenters. The van der Waals surface area contributed by atoms with Gasteiger partial charge in [0.05, 0.1) is 0 Å². The standard InChI is InChI=1S/C15H21F2N5O/c16-15(17)11-5-4-9(7-12(11)15)14(23)22-6-2-1-3-10(22)8-13-18-20-21-19-13/h9-12H,1-8H2,(H,18,19,20,21). The van der Waals surface area contributed by atoms with E-state index in [2.05, 4.69) is 20.6 Å². The van der Waals surface area contributed by atoms with Crippen molar-refractivity contribution in [3.05, 3.63) is 5.82 Å². The number of tetrazole rings is 1.